The van der Waals surface area contributed by atoms with Crippen LogP contribution in [0.4, 0.5) is 0 Å². The normalized spacial score (nSPS) is 12.8. The van der Waals surface area contributed by atoms with E-state index in [-0.39, 0.29) is 12.5 Å². The van der Waals surface area contributed by atoms with E-state index >= 15 is 0 Å². The van der Waals surface area contributed by atoms with E-state index in [4.69, 9.17) is 0 Å². The van der Waals surface area contributed by atoms with Crippen molar-refractivity contribution in [2.45, 2.75) is 392 Å². The van der Waals surface area contributed by atoms with Crippen LogP contribution in [0.1, 0.15) is 380 Å². The van der Waals surface area contributed by atoms with Crippen LogP contribution in [0.5, 0.6) is 0 Å². The summed E-state index contributed by atoms with van der Waals surface area (Å²) in [5.74, 6) is -0.0562. The molecule has 0 spiro atoms. The molecule has 0 aliphatic carbocycles. The van der Waals surface area contributed by atoms with Gasteiger partial charge in [-0.1, -0.05) is 353 Å². The first-order chi connectivity index (χ1) is 35.2. The fourth-order valence-corrected chi connectivity index (χ4v) is 10.7. The molecule has 0 saturated heterocycles. The number of aliphatic hydroxyl groups is 2. The summed E-state index contributed by atoms with van der Waals surface area (Å²) in [4.78, 5) is 12.5. The molecule has 4 heteroatoms. The summed E-state index contributed by atoms with van der Waals surface area (Å²) in [6, 6.07) is -0.622. The molecule has 0 aromatic rings. The molecule has 0 aliphatic heterocycles. The molecule has 0 saturated carbocycles. The lowest BCUT2D eigenvalue weighted by molar-refractivity contribution is -0.123. The number of hydrogen-bond donors (Lipinski definition) is 3. The predicted molar refractivity (Wildman–Crippen MR) is 318 cm³/mol. The van der Waals surface area contributed by atoms with Crippen molar-refractivity contribution in [2.75, 3.05) is 6.61 Å². The smallest absolute Gasteiger partial charge is 0.220 e. The molecule has 0 rings (SSSR count). The lowest BCUT2D eigenvalue weighted by atomic mass is 10.0. The molecular formula is C67H131NO3. The second-order valence-corrected chi connectivity index (χ2v) is 22.9. The van der Waals surface area contributed by atoms with Gasteiger partial charge in [-0.3, -0.25) is 4.79 Å². The van der Waals surface area contributed by atoms with Crippen molar-refractivity contribution in [1.82, 2.24) is 5.32 Å². The lowest BCUT2D eigenvalue weighted by Crippen LogP contribution is -2.45. The summed E-state index contributed by atoms with van der Waals surface area (Å²) in [7, 11) is 0. The van der Waals surface area contributed by atoms with E-state index < -0.39 is 12.1 Å². The average molecular weight is 999 g/mol. The highest BCUT2D eigenvalue weighted by Crippen LogP contribution is 2.19. The number of hydrogen-bond acceptors (Lipinski definition) is 3. The van der Waals surface area contributed by atoms with Crippen LogP contribution in [0.3, 0.4) is 0 Å². The van der Waals surface area contributed by atoms with Crippen LogP contribution >= 0.6 is 0 Å². The first-order valence-corrected chi connectivity index (χ1v) is 33.1. The Morgan fingerprint density at radius 2 is 0.535 bits per heavy atom. The van der Waals surface area contributed by atoms with Crippen LogP contribution in [-0.2, 0) is 4.79 Å². The topological polar surface area (TPSA) is 69.6 Å². The Morgan fingerprint density at radius 1 is 0.324 bits per heavy atom. The molecule has 0 aromatic carbocycles. The minimum absolute atomic E-state index is 0.0562. The third-order valence-electron chi connectivity index (χ3n) is 15.7. The van der Waals surface area contributed by atoms with Gasteiger partial charge in [0.25, 0.3) is 0 Å². The van der Waals surface area contributed by atoms with Gasteiger partial charge in [0.1, 0.15) is 0 Å². The Hall–Kier alpha value is -1.13. The molecule has 4 nitrogen and oxygen atoms in total. The van der Waals surface area contributed by atoms with Gasteiger partial charge in [-0.05, 0) is 44.9 Å². The molecule has 2 atom stereocenters. The number of carbonyl (C=O) groups is 1. The SMILES string of the molecule is CCCCCCCCCC/C=C\CCCCCCCCCCCCCCCCCC(=O)NC(CO)C(O)/C=C/CCCCCCCCCCCCCCCCCCCCCCCCCCCCCCCC. The number of amides is 1. The summed E-state index contributed by atoms with van der Waals surface area (Å²) in [6.45, 7) is 4.36. The monoisotopic (exact) mass is 998 g/mol. The summed E-state index contributed by atoms with van der Waals surface area (Å²) >= 11 is 0. The Morgan fingerprint density at radius 3 is 0.775 bits per heavy atom. The summed E-state index contributed by atoms with van der Waals surface area (Å²) < 4.78 is 0. The molecule has 3 N–H and O–H groups in total. The van der Waals surface area contributed by atoms with Gasteiger partial charge >= 0.3 is 0 Å². The molecule has 1 amide bonds. The number of allylic oxidation sites excluding steroid dienone is 3. The lowest BCUT2D eigenvalue weighted by Gasteiger charge is -2.20. The molecule has 0 aromatic heterocycles. The second kappa shape index (κ2) is 63.2. The average Bonchev–Trinajstić information content (AvgIpc) is 3.37. The van der Waals surface area contributed by atoms with Crippen LogP contribution < -0.4 is 5.32 Å². The number of rotatable bonds is 62. The number of nitrogens with one attached hydrogen (secondary N) is 1. The van der Waals surface area contributed by atoms with E-state index in [1.807, 2.05) is 6.08 Å². The van der Waals surface area contributed by atoms with E-state index in [2.05, 4.69) is 31.3 Å². The minimum atomic E-state index is -0.839. The molecule has 0 radical (unpaired) electrons. The first kappa shape index (κ1) is 69.9. The number of carbonyl (C=O) groups excluding carboxylic acids is 1. The molecule has 0 fully saturated rings. The van der Waals surface area contributed by atoms with Crippen LogP contribution in [0.15, 0.2) is 24.3 Å². The third kappa shape index (κ3) is 59.6. The van der Waals surface area contributed by atoms with Crippen molar-refractivity contribution in [3.05, 3.63) is 24.3 Å². The van der Waals surface area contributed by atoms with Gasteiger partial charge in [0, 0.05) is 6.42 Å². The van der Waals surface area contributed by atoms with Gasteiger partial charge in [-0.25, -0.2) is 0 Å². The van der Waals surface area contributed by atoms with Crippen LogP contribution in [0, 0.1) is 0 Å². The number of unbranched alkanes of at least 4 members (excludes halogenated alkanes) is 53. The standard InChI is InChI=1S/C67H131NO3/c1-3-5-7-9-11-13-15-17-19-21-23-25-27-29-31-32-33-34-35-37-38-40-42-44-46-48-50-52-54-56-58-60-62-66(70)65(64-69)68-67(71)63-61-59-57-55-53-51-49-47-45-43-41-39-36-30-28-26-24-22-20-18-16-14-12-10-8-6-4-2/h22,24,60,62,65-66,69-70H,3-21,23,25-59,61,63-64H2,1-2H3,(H,68,71)/b24-22-,62-60+. The Balaban J connectivity index is 3.42. The van der Waals surface area contributed by atoms with Crippen molar-refractivity contribution in [3.8, 4) is 0 Å². The Bertz CT molecular complexity index is 1040. The van der Waals surface area contributed by atoms with Gasteiger partial charge in [-0.2, -0.15) is 0 Å². The van der Waals surface area contributed by atoms with E-state index in [0.717, 1.165) is 25.7 Å². The van der Waals surface area contributed by atoms with Crippen molar-refractivity contribution < 1.29 is 15.0 Å². The van der Waals surface area contributed by atoms with Gasteiger partial charge in [0.2, 0.25) is 5.91 Å². The zero-order valence-corrected chi connectivity index (χ0v) is 48.8. The highest BCUT2D eigenvalue weighted by molar-refractivity contribution is 5.76. The molecule has 0 heterocycles. The molecule has 422 valence electrons. The molecule has 71 heavy (non-hydrogen) atoms. The fourth-order valence-electron chi connectivity index (χ4n) is 10.7. The zero-order chi connectivity index (χ0) is 51.3. The quantitative estimate of drug-likeness (QED) is 0.0420. The molecule has 0 bridgehead atoms. The van der Waals surface area contributed by atoms with E-state index in [9.17, 15) is 15.0 Å². The zero-order valence-electron chi connectivity index (χ0n) is 48.8. The molecule has 0 aliphatic rings. The van der Waals surface area contributed by atoms with Crippen LogP contribution in [0.25, 0.3) is 0 Å². The van der Waals surface area contributed by atoms with Gasteiger partial charge in [0.05, 0.1) is 18.8 Å². The van der Waals surface area contributed by atoms with E-state index in [1.165, 1.54) is 334 Å². The van der Waals surface area contributed by atoms with Crippen LogP contribution in [-0.4, -0.2) is 34.9 Å². The van der Waals surface area contributed by atoms with E-state index in [0.29, 0.717) is 6.42 Å². The first-order valence-electron chi connectivity index (χ1n) is 33.1. The fraction of sp³-hybridized carbons (Fsp3) is 0.925. The van der Waals surface area contributed by atoms with Crippen molar-refractivity contribution in [1.29, 1.82) is 0 Å². The Kier molecular flexibility index (Phi) is 62.2. The van der Waals surface area contributed by atoms with Crippen molar-refractivity contribution in [2.24, 2.45) is 0 Å². The van der Waals surface area contributed by atoms with Gasteiger partial charge in [0.15, 0.2) is 0 Å². The molecule has 2 unspecified atom stereocenters. The molecular weight excluding hydrogens is 867 g/mol. The maximum absolute atomic E-state index is 12.5. The highest BCUT2D eigenvalue weighted by Gasteiger charge is 2.18. The highest BCUT2D eigenvalue weighted by atomic mass is 16.3. The number of aliphatic hydroxyl groups excluding tert-OH is 2. The Labute approximate surface area is 447 Å². The maximum atomic E-state index is 12.5. The van der Waals surface area contributed by atoms with Gasteiger partial charge in [-0.15, -0.1) is 0 Å². The summed E-state index contributed by atoms with van der Waals surface area (Å²) in [5, 5.41) is 23.3. The van der Waals surface area contributed by atoms with Crippen molar-refractivity contribution in [3.63, 3.8) is 0 Å². The van der Waals surface area contributed by atoms with Crippen molar-refractivity contribution >= 4 is 5.91 Å². The van der Waals surface area contributed by atoms with E-state index in [1.54, 1.807) is 6.08 Å². The summed E-state index contributed by atoms with van der Waals surface area (Å²) in [6.07, 6.45) is 85.4. The minimum Gasteiger partial charge on any atom is -0.394 e. The second-order valence-electron chi connectivity index (χ2n) is 22.9. The van der Waals surface area contributed by atoms with Crippen LogP contribution in [0.2, 0.25) is 0 Å². The summed E-state index contributed by atoms with van der Waals surface area (Å²) in [5.41, 5.74) is 0. The van der Waals surface area contributed by atoms with Gasteiger partial charge < -0.3 is 15.5 Å². The third-order valence-corrected chi connectivity index (χ3v) is 15.7. The predicted octanol–water partition coefficient (Wildman–Crippen LogP) is 22.2. The maximum Gasteiger partial charge on any atom is 0.220 e. The largest absolute Gasteiger partial charge is 0.394 e.